The van der Waals surface area contributed by atoms with Crippen LogP contribution in [-0.4, -0.2) is 20.1 Å². The number of nitrogens with one attached hydrogen (secondary N) is 1. The van der Waals surface area contributed by atoms with Gasteiger partial charge in [0.15, 0.2) is 5.78 Å². The van der Waals surface area contributed by atoms with Gasteiger partial charge in [-0.05, 0) is 65.8 Å². The monoisotopic (exact) mass is 439 g/mol. The van der Waals surface area contributed by atoms with Crippen molar-refractivity contribution in [2.45, 2.75) is 57.8 Å². The smallest absolute Gasteiger partial charge is 0.266 e. The molecule has 2 aromatic carbocycles. The lowest BCUT2D eigenvalue weighted by molar-refractivity contribution is -0.118. The Labute approximate surface area is 177 Å². The summed E-state index contributed by atoms with van der Waals surface area (Å²) in [5, 5.41) is 0. The molecule has 30 heavy (non-hydrogen) atoms. The molecule has 0 fully saturated rings. The molecule has 2 rings (SSSR count). The molecule has 0 saturated heterocycles. The van der Waals surface area contributed by atoms with Crippen molar-refractivity contribution in [3.63, 3.8) is 0 Å². The maximum absolute atomic E-state index is 14.1. The summed E-state index contributed by atoms with van der Waals surface area (Å²) in [5.41, 5.74) is 1.77. The van der Waals surface area contributed by atoms with Crippen LogP contribution in [0.25, 0.3) is 0 Å². The molecule has 1 amide bonds. The number of benzene rings is 2. The highest BCUT2D eigenvalue weighted by molar-refractivity contribution is 7.90. The standard InChI is InChI=1S/C22H25F2NO4S.H2/c1-12(2)17-9-16(23)10-18(13(3)4)19(17)11-22(27)25-30(28,29)21-8-15(14(5)26)6-7-20(21)24;/h6-10,12-13H,11H2,1-5H3,(H,25,27);1H. The van der Waals surface area contributed by atoms with Crippen LogP contribution >= 0.6 is 0 Å². The van der Waals surface area contributed by atoms with Crippen LogP contribution in [0.3, 0.4) is 0 Å². The number of hydrogen-bond donors (Lipinski definition) is 1. The molecule has 0 spiro atoms. The van der Waals surface area contributed by atoms with Gasteiger partial charge < -0.3 is 0 Å². The molecule has 0 aliphatic carbocycles. The van der Waals surface area contributed by atoms with E-state index in [1.165, 1.54) is 25.1 Å². The van der Waals surface area contributed by atoms with Crippen LogP contribution in [0.1, 0.15) is 74.9 Å². The Morgan fingerprint density at radius 3 is 2.00 bits per heavy atom. The molecule has 5 nitrogen and oxygen atoms in total. The van der Waals surface area contributed by atoms with Gasteiger partial charge in [-0.3, -0.25) is 9.59 Å². The summed E-state index contributed by atoms with van der Waals surface area (Å²) in [5.74, 6) is -3.01. The Morgan fingerprint density at radius 1 is 1.00 bits per heavy atom. The molecular weight excluding hydrogens is 412 g/mol. The van der Waals surface area contributed by atoms with E-state index >= 15 is 0 Å². The molecule has 0 bridgehead atoms. The largest absolute Gasteiger partial charge is 0.295 e. The van der Waals surface area contributed by atoms with Crippen LogP contribution in [0.5, 0.6) is 0 Å². The first-order valence-corrected chi connectivity index (χ1v) is 11.0. The molecule has 2 aromatic rings. The molecule has 1 N–H and O–H groups in total. The average Bonchev–Trinajstić information content (AvgIpc) is 2.61. The van der Waals surface area contributed by atoms with Crippen molar-refractivity contribution < 1.29 is 28.2 Å². The minimum Gasteiger partial charge on any atom is -0.295 e. The van der Waals surface area contributed by atoms with Crippen LogP contribution in [-0.2, 0) is 21.2 Å². The van der Waals surface area contributed by atoms with E-state index in [-0.39, 0.29) is 25.2 Å². The van der Waals surface area contributed by atoms with E-state index < -0.39 is 38.2 Å². The van der Waals surface area contributed by atoms with Gasteiger partial charge in [-0.2, -0.15) is 0 Å². The topological polar surface area (TPSA) is 80.3 Å². The van der Waals surface area contributed by atoms with Crippen molar-refractivity contribution in [1.29, 1.82) is 0 Å². The summed E-state index contributed by atoms with van der Waals surface area (Å²) in [4.78, 5) is 23.3. The minimum absolute atomic E-state index is 0. The molecule has 0 aliphatic rings. The van der Waals surface area contributed by atoms with Crippen molar-refractivity contribution in [3.8, 4) is 0 Å². The summed E-state index contributed by atoms with van der Waals surface area (Å²) in [6.07, 6.45) is -0.311. The third-order valence-electron chi connectivity index (χ3n) is 4.74. The van der Waals surface area contributed by atoms with E-state index in [2.05, 4.69) is 0 Å². The summed E-state index contributed by atoms with van der Waals surface area (Å²) < 4.78 is 55.2. The normalized spacial score (nSPS) is 11.8. The highest BCUT2D eigenvalue weighted by Gasteiger charge is 2.25. The number of rotatable bonds is 7. The van der Waals surface area contributed by atoms with Gasteiger partial charge >= 0.3 is 0 Å². The van der Waals surface area contributed by atoms with E-state index in [9.17, 15) is 26.8 Å². The predicted octanol–water partition coefficient (Wildman–Crippen LogP) is 4.71. The maximum atomic E-state index is 14.1. The fourth-order valence-corrected chi connectivity index (χ4v) is 4.33. The van der Waals surface area contributed by atoms with Crippen LogP contribution in [0.4, 0.5) is 8.78 Å². The molecule has 0 saturated carbocycles. The quantitative estimate of drug-likeness (QED) is 0.634. The van der Waals surface area contributed by atoms with E-state index in [1.807, 2.05) is 32.4 Å². The van der Waals surface area contributed by atoms with Gasteiger partial charge in [0.2, 0.25) is 5.91 Å². The zero-order valence-corrected chi connectivity index (χ0v) is 18.4. The second-order valence-corrected chi connectivity index (χ2v) is 9.43. The second-order valence-electron chi connectivity index (χ2n) is 7.78. The third-order valence-corrected chi connectivity index (χ3v) is 6.13. The second kappa shape index (κ2) is 9.04. The first-order chi connectivity index (χ1) is 13.8. The number of carbonyl (C=O) groups is 2. The Hall–Kier alpha value is -2.61. The molecule has 0 heterocycles. The van der Waals surface area contributed by atoms with Crippen molar-refractivity contribution >= 4 is 21.7 Å². The van der Waals surface area contributed by atoms with E-state index in [0.717, 1.165) is 12.1 Å². The van der Waals surface area contributed by atoms with E-state index in [0.29, 0.717) is 16.7 Å². The van der Waals surface area contributed by atoms with Gasteiger partial charge in [0.25, 0.3) is 10.0 Å². The average molecular weight is 440 g/mol. The lowest BCUT2D eigenvalue weighted by atomic mass is 9.87. The van der Waals surface area contributed by atoms with E-state index in [4.69, 9.17) is 0 Å². The molecule has 0 radical (unpaired) electrons. The first-order valence-electron chi connectivity index (χ1n) is 9.51. The van der Waals surface area contributed by atoms with Crippen LogP contribution in [0.2, 0.25) is 0 Å². The lowest BCUT2D eigenvalue weighted by Gasteiger charge is -2.20. The predicted molar refractivity (Wildman–Crippen MR) is 112 cm³/mol. The Morgan fingerprint density at radius 2 is 1.53 bits per heavy atom. The van der Waals surface area contributed by atoms with E-state index in [1.54, 1.807) is 0 Å². The highest BCUT2D eigenvalue weighted by Crippen LogP contribution is 2.29. The van der Waals surface area contributed by atoms with Crippen LogP contribution < -0.4 is 4.72 Å². The van der Waals surface area contributed by atoms with Crippen LogP contribution in [0.15, 0.2) is 35.2 Å². The van der Waals surface area contributed by atoms with Gasteiger partial charge in [0, 0.05) is 6.99 Å². The molecule has 8 heteroatoms. The third kappa shape index (κ3) is 5.30. The molecule has 164 valence electrons. The maximum Gasteiger partial charge on any atom is 0.266 e. The van der Waals surface area contributed by atoms with Gasteiger partial charge in [-0.1, -0.05) is 27.7 Å². The van der Waals surface area contributed by atoms with Crippen molar-refractivity contribution in [1.82, 2.24) is 4.72 Å². The summed E-state index contributed by atoms with van der Waals surface area (Å²) in [6, 6.07) is 5.60. The Balaban J connectivity index is 0.00000480. The molecule has 0 aliphatic heterocycles. The fraction of sp³-hybridized carbons (Fsp3) is 0.364. The number of carbonyl (C=O) groups excluding carboxylic acids is 2. The number of sulfonamides is 1. The van der Waals surface area contributed by atoms with Crippen molar-refractivity contribution in [3.05, 3.63) is 64.2 Å². The highest BCUT2D eigenvalue weighted by atomic mass is 32.2. The zero-order valence-electron chi connectivity index (χ0n) is 17.5. The Bertz CT molecular complexity index is 1070. The summed E-state index contributed by atoms with van der Waals surface area (Å²) in [7, 11) is -4.54. The van der Waals surface area contributed by atoms with Gasteiger partial charge in [0.1, 0.15) is 16.5 Å². The van der Waals surface area contributed by atoms with Gasteiger partial charge in [-0.25, -0.2) is 21.9 Å². The fourth-order valence-electron chi connectivity index (χ4n) is 3.24. The zero-order chi connectivity index (χ0) is 22.8. The lowest BCUT2D eigenvalue weighted by Crippen LogP contribution is -2.33. The minimum atomic E-state index is -4.54. The van der Waals surface area contributed by atoms with Crippen LogP contribution in [0, 0.1) is 11.6 Å². The summed E-state index contributed by atoms with van der Waals surface area (Å²) in [6.45, 7) is 8.61. The van der Waals surface area contributed by atoms with Gasteiger partial charge in [0.05, 0.1) is 6.42 Å². The number of hydrogen-bond acceptors (Lipinski definition) is 4. The molecule has 0 atom stereocenters. The SMILES string of the molecule is CC(=O)c1ccc(F)c(S(=O)(=O)NC(=O)Cc2c(C(C)C)cc(F)cc2C(C)C)c1.[HH]. The number of halogens is 2. The molecular formula is C22H27F2NO4S. The van der Waals surface area contributed by atoms with Gasteiger partial charge in [-0.15, -0.1) is 0 Å². The number of Topliss-reactive ketones (excluding diaryl/α,β-unsaturated/α-hetero) is 1. The molecule has 0 unspecified atom stereocenters. The number of ketones is 1. The first kappa shape index (κ1) is 23.7. The summed E-state index contributed by atoms with van der Waals surface area (Å²) >= 11 is 0. The van der Waals surface area contributed by atoms with Crippen molar-refractivity contribution in [2.24, 2.45) is 0 Å². The van der Waals surface area contributed by atoms with Crippen molar-refractivity contribution in [2.75, 3.05) is 0 Å². The molecule has 0 aromatic heterocycles. The number of amides is 1. The Kier molecular flexibility index (Phi) is 7.13.